The summed E-state index contributed by atoms with van der Waals surface area (Å²) in [5.74, 6) is 0.273. The number of rotatable bonds is 4. The molecule has 20 heavy (non-hydrogen) atoms. The molecular formula is C15H16N3O2. The Bertz CT molecular complexity index is 636. The van der Waals surface area contributed by atoms with Gasteiger partial charge >= 0.3 is 5.69 Å². The second-order valence-corrected chi connectivity index (χ2v) is 4.61. The molecule has 0 aliphatic carbocycles. The van der Waals surface area contributed by atoms with Gasteiger partial charge in [0.2, 0.25) is 5.82 Å². The molecule has 1 N–H and O–H groups in total. The van der Waals surface area contributed by atoms with Crippen molar-refractivity contribution < 1.29 is 4.92 Å². The SMILES string of the molecule is [CH2]Cc1ccc(Nc2nc(C)cc(C)c2[N+](=O)[O-])cc1. The molecule has 0 aliphatic heterocycles. The van der Waals surface area contributed by atoms with E-state index in [1.807, 2.05) is 31.2 Å². The lowest BCUT2D eigenvalue weighted by Gasteiger charge is -2.09. The molecule has 5 heteroatoms. The van der Waals surface area contributed by atoms with Gasteiger partial charge in [0.15, 0.2) is 0 Å². The van der Waals surface area contributed by atoms with Crippen molar-refractivity contribution in [2.24, 2.45) is 0 Å². The topological polar surface area (TPSA) is 68.1 Å². The third kappa shape index (κ3) is 2.93. The third-order valence-electron chi connectivity index (χ3n) is 3.00. The van der Waals surface area contributed by atoms with Gasteiger partial charge in [-0.25, -0.2) is 4.98 Å². The first kappa shape index (κ1) is 14.0. The molecule has 0 saturated heterocycles. The van der Waals surface area contributed by atoms with E-state index in [4.69, 9.17) is 0 Å². The van der Waals surface area contributed by atoms with E-state index in [2.05, 4.69) is 17.2 Å². The van der Waals surface area contributed by atoms with Crippen LogP contribution < -0.4 is 5.32 Å². The highest BCUT2D eigenvalue weighted by Gasteiger charge is 2.19. The first-order valence-corrected chi connectivity index (χ1v) is 6.29. The molecule has 0 atom stereocenters. The van der Waals surface area contributed by atoms with Gasteiger partial charge in [-0.3, -0.25) is 10.1 Å². The van der Waals surface area contributed by atoms with E-state index in [1.165, 1.54) is 0 Å². The summed E-state index contributed by atoms with van der Waals surface area (Å²) in [4.78, 5) is 15.0. The van der Waals surface area contributed by atoms with Gasteiger partial charge in [0.05, 0.1) is 4.92 Å². The third-order valence-corrected chi connectivity index (χ3v) is 3.00. The van der Waals surface area contributed by atoms with Crippen LogP contribution in [0, 0.1) is 30.9 Å². The standard InChI is InChI=1S/C15H16N3O2/c1-4-12-5-7-13(8-6-12)17-15-14(18(19)20)10(2)9-11(3)16-15/h5-9H,1,4H2,2-3H3,(H,16,17). The molecule has 0 fully saturated rings. The summed E-state index contributed by atoms with van der Waals surface area (Å²) in [6.07, 6.45) is 0.711. The van der Waals surface area contributed by atoms with E-state index in [0.717, 1.165) is 16.9 Å². The van der Waals surface area contributed by atoms with Crippen molar-refractivity contribution in [2.75, 3.05) is 5.32 Å². The van der Waals surface area contributed by atoms with Crippen LogP contribution in [0.3, 0.4) is 0 Å². The van der Waals surface area contributed by atoms with Crippen molar-refractivity contribution in [1.82, 2.24) is 4.98 Å². The largest absolute Gasteiger partial charge is 0.334 e. The van der Waals surface area contributed by atoms with Crippen LogP contribution in [0.4, 0.5) is 17.2 Å². The molecule has 1 aromatic carbocycles. The highest BCUT2D eigenvalue weighted by atomic mass is 16.6. The fraction of sp³-hybridized carbons (Fsp3) is 0.200. The fourth-order valence-corrected chi connectivity index (χ4v) is 2.04. The monoisotopic (exact) mass is 270 g/mol. The van der Waals surface area contributed by atoms with Crippen LogP contribution in [0.1, 0.15) is 16.8 Å². The Morgan fingerprint density at radius 3 is 2.50 bits per heavy atom. The molecule has 103 valence electrons. The maximum atomic E-state index is 11.2. The molecule has 0 aliphatic rings. The van der Waals surface area contributed by atoms with E-state index in [9.17, 15) is 10.1 Å². The van der Waals surface area contributed by atoms with Crippen LogP contribution in [0.25, 0.3) is 0 Å². The van der Waals surface area contributed by atoms with Gasteiger partial charge in [-0.15, -0.1) is 0 Å². The van der Waals surface area contributed by atoms with Crippen LogP contribution in [0.2, 0.25) is 0 Å². The van der Waals surface area contributed by atoms with E-state index in [1.54, 1.807) is 13.0 Å². The zero-order valence-electron chi connectivity index (χ0n) is 11.5. The molecule has 0 saturated carbocycles. The van der Waals surface area contributed by atoms with Crippen LogP contribution in [-0.2, 0) is 6.42 Å². The summed E-state index contributed by atoms with van der Waals surface area (Å²) in [5.41, 5.74) is 3.22. The summed E-state index contributed by atoms with van der Waals surface area (Å²) >= 11 is 0. The molecular weight excluding hydrogens is 254 g/mol. The molecule has 5 nitrogen and oxygen atoms in total. The summed E-state index contributed by atoms with van der Waals surface area (Å²) in [6.45, 7) is 7.33. The lowest BCUT2D eigenvalue weighted by atomic mass is 10.1. The van der Waals surface area contributed by atoms with Crippen molar-refractivity contribution >= 4 is 17.2 Å². The molecule has 0 amide bonds. The van der Waals surface area contributed by atoms with E-state index < -0.39 is 4.92 Å². The highest BCUT2D eigenvalue weighted by molar-refractivity contribution is 5.68. The molecule has 2 aromatic rings. The quantitative estimate of drug-likeness (QED) is 0.679. The predicted octanol–water partition coefficient (Wildman–Crippen LogP) is 3.73. The van der Waals surface area contributed by atoms with Crippen LogP contribution in [-0.4, -0.2) is 9.91 Å². The molecule has 1 radical (unpaired) electrons. The number of anilines is 2. The van der Waals surface area contributed by atoms with Gasteiger partial charge < -0.3 is 5.32 Å². The zero-order valence-corrected chi connectivity index (χ0v) is 11.5. The average Bonchev–Trinajstić information content (AvgIpc) is 2.38. The minimum absolute atomic E-state index is 0.0110. The van der Waals surface area contributed by atoms with Gasteiger partial charge in [0.25, 0.3) is 0 Å². The van der Waals surface area contributed by atoms with Gasteiger partial charge in [-0.05, 0) is 51.0 Å². The summed E-state index contributed by atoms with van der Waals surface area (Å²) in [5, 5.41) is 14.2. The van der Waals surface area contributed by atoms with Crippen molar-refractivity contribution in [2.45, 2.75) is 20.3 Å². The van der Waals surface area contributed by atoms with Crippen molar-refractivity contribution in [3.8, 4) is 0 Å². The number of benzene rings is 1. The lowest BCUT2D eigenvalue weighted by Crippen LogP contribution is -2.03. The molecule has 0 bridgehead atoms. The second kappa shape index (κ2) is 5.69. The number of nitrogens with one attached hydrogen (secondary N) is 1. The smallest absolute Gasteiger partial charge is 0.314 e. The Balaban J connectivity index is 2.39. The number of nitro groups is 1. The summed E-state index contributed by atoms with van der Waals surface area (Å²) in [7, 11) is 0. The number of nitrogens with zero attached hydrogens (tertiary/aromatic N) is 2. The van der Waals surface area contributed by atoms with Gasteiger partial charge in [0.1, 0.15) is 0 Å². The van der Waals surface area contributed by atoms with Crippen molar-refractivity contribution in [1.29, 1.82) is 0 Å². The summed E-state index contributed by atoms with van der Waals surface area (Å²) < 4.78 is 0. The Labute approximate surface area is 117 Å². The first-order chi connectivity index (χ1) is 9.51. The number of aromatic nitrogens is 1. The number of aryl methyl sites for hydroxylation is 2. The molecule has 1 heterocycles. The van der Waals surface area contributed by atoms with Gasteiger partial charge in [0, 0.05) is 16.9 Å². The average molecular weight is 270 g/mol. The Hall–Kier alpha value is -2.43. The van der Waals surface area contributed by atoms with Gasteiger partial charge in [-0.2, -0.15) is 0 Å². The zero-order chi connectivity index (χ0) is 14.7. The molecule has 2 rings (SSSR count). The van der Waals surface area contributed by atoms with E-state index >= 15 is 0 Å². The van der Waals surface area contributed by atoms with Crippen molar-refractivity contribution in [3.05, 3.63) is 64.2 Å². The van der Waals surface area contributed by atoms with Crippen LogP contribution in [0.5, 0.6) is 0 Å². The predicted molar refractivity (Wildman–Crippen MR) is 79.2 cm³/mol. The Kier molecular flexibility index (Phi) is 3.98. The summed E-state index contributed by atoms with van der Waals surface area (Å²) in [6, 6.07) is 9.30. The van der Waals surface area contributed by atoms with E-state index in [0.29, 0.717) is 12.0 Å². The Morgan fingerprint density at radius 2 is 1.95 bits per heavy atom. The maximum absolute atomic E-state index is 11.2. The normalized spacial score (nSPS) is 10.3. The number of pyridine rings is 1. The Morgan fingerprint density at radius 1 is 1.30 bits per heavy atom. The molecule has 0 spiro atoms. The minimum Gasteiger partial charge on any atom is -0.334 e. The number of hydrogen-bond donors (Lipinski definition) is 1. The fourth-order valence-electron chi connectivity index (χ4n) is 2.04. The minimum atomic E-state index is -0.408. The number of hydrogen-bond acceptors (Lipinski definition) is 4. The van der Waals surface area contributed by atoms with Crippen LogP contribution in [0.15, 0.2) is 30.3 Å². The van der Waals surface area contributed by atoms with Crippen molar-refractivity contribution in [3.63, 3.8) is 0 Å². The highest BCUT2D eigenvalue weighted by Crippen LogP contribution is 2.29. The second-order valence-electron chi connectivity index (χ2n) is 4.61. The molecule has 0 unspecified atom stereocenters. The van der Waals surface area contributed by atoms with E-state index in [-0.39, 0.29) is 11.5 Å². The first-order valence-electron chi connectivity index (χ1n) is 6.29. The maximum Gasteiger partial charge on any atom is 0.314 e. The lowest BCUT2D eigenvalue weighted by molar-refractivity contribution is -0.384. The molecule has 1 aromatic heterocycles. The van der Waals surface area contributed by atoms with Crippen LogP contribution >= 0.6 is 0 Å². The van der Waals surface area contributed by atoms with Gasteiger partial charge in [-0.1, -0.05) is 12.1 Å².